The Kier molecular flexibility index (Phi) is 5.99. The topological polar surface area (TPSA) is 56.9 Å². The highest BCUT2D eigenvalue weighted by molar-refractivity contribution is 6.14. The summed E-state index contributed by atoms with van der Waals surface area (Å²) in [5, 5.41) is 17.2. The number of hydrogen-bond donors (Lipinski definition) is 2. The Labute approximate surface area is 256 Å². The van der Waals surface area contributed by atoms with E-state index in [0.717, 1.165) is 44.9 Å². The first kappa shape index (κ1) is 25.9. The molecule has 6 aromatic rings. The van der Waals surface area contributed by atoms with E-state index in [1.165, 1.54) is 22.3 Å². The molecule has 8 rings (SSSR count). The predicted molar refractivity (Wildman–Crippen MR) is 178 cm³/mol. The fraction of sp³-hybridized carbons (Fsp3) is 0.0244. The molecule has 2 aliphatic rings. The summed E-state index contributed by atoms with van der Waals surface area (Å²) in [7, 11) is 0. The van der Waals surface area contributed by atoms with Crippen LogP contribution in [0.3, 0.4) is 0 Å². The van der Waals surface area contributed by atoms with Crippen LogP contribution in [0.5, 0.6) is 11.5 Å². The van der Waals surface area contributed by atoms with Crippen LogP contribution in [-0.2, 0) is 5.41 Å². The Morgan fingerprint density at radius 3 is 1.73 bits per heavy atom. The minimum Gasteiger partial charge on any atom is -0.457 e. The summed E-state index contributed by atoms with van der Waals surface area (Å²) in [6, 6.07) is 50.0. The number of allylic oxidation sites excluding steroid dienone is 2. The summed E-state index contributed by atoms with van der Waals surface area (Å²) < 4.78 is 6.57. The number of nitrogens with one attached hydrogen (secondary N) is 2. The normalized spacial score (nSPS) is 13.5. The molecule has 0 amide bonds. The van der Waals surface area contributed by atoms with Gasteiger partial charge in [0.05, 0.1) is 16.8 Å². The molecule has 0 unspecified atom stereocenters. The van der Waals surface area contributed by atoms with Gasteiger partial charge < -0.3 is 15.6 Å². The number of para-hydroxylation sites is 1. The lowest BCUT2D eigenvalue weighted by Crippen LogP contribution is -2.32. The first-order valence-corrected chi connectivity index (χ1v) is 14.8. The highest BCUT2D eigenvalue weighted by Crippen LogP contribution is 2.62. The zero-order chi connectivity index (χ0) is 29.7. The summed E-state index contributed by atoms with van der Waals surface area (Å²) in [4.78, 5) is 0. The van der Waals surface area contributed by atoms with Crippen molar-refractivity contribution in [3.05, 3.63) is 191 Å². The van der Waals surface area contributed by atoms with Gasteiger partial charge in [0, 0.05) is 11.1 Å². The van der Waals surface area contributed by atoms with Crippen LogP contribution in [0.2, 0.25) is 0 Å². The smallest absolute Gasteiger partial charge is 0.132 e. The number of fused-ring (bicyclic) bond motifs is 9. The highest BCUT2D eigenvalue weighted by Gasteiger charge is 2.50. The van der Waals surface area contributed by atoms with E-state index in [0.29, 0.717) is 11.4 Å². The molecule has 0 bridgehead atoms. The van der Waals surface area contributed by atoms with E-state index in [2.05, 4.69) is 97.1 Å². The van der Waals surface area contributed by atoms with E-state index in [1.807, 2.05) is 48.5 Å². The van der Waals surface area contributed by atoms with Crippen LogP contribution in [0.15, 0.2) is 158 Å². The summed E-state index contributed by atoms with van der Waals surface area (Å²) in [5.74, 6) is 1.73. The monoisotopic (exact) mass is 564 g/mol. The number of rotatable bonds is 5. The number of benzene rings is 6. The molecule has 208 valence electrons. The Morgan fingerprint density at radius 1 is 0.455 bits per heavy atom. The molecule has 0 saturated carbocycles. The van der Waals surface area contributed by atoms with Crippen LogP contribution in [-0.4, -0.2) is 11.4 Å². The third-order valence-corrected chi connectivity index (χ3v) is 8.86. The van der Waals surface area contributed by atoms with Gasteiger partial charge in [-0.15, -0.1) is 0 Å². The zero-order valence-corrected chi connectivity index (χ0v) is 23.9. The molecule has 0 saturated heterocycles. The molecule has 2 N–H and O–H groups in total. The second-order valence-corrected chi connectivity index (χ2v) is 11.3. The molecular formula is C41H28N2O. The van der Waals surface area contributed by atoms with Crippen LogP contribution in [0.25, 0.3) is 22.3 Å². The van der Waals surface area contributed by atoms with Gasteiger partial charge in [0.2, 0.25) is 0 Å². The van der Waals surface area contributed by atoms with E-state index in [9.17, 15) is 0 Å². The summed E-state index contributed by atoms with van der Waals surface area (Å²) in [5.41, 5.74) is 11.2. The lowest BCUT2D eigenvalue weighted by molar-refractivity contribution is 0.436. The lowest BCUT2D eigenvalue weighted by Gasteiger charge is -2.39. The molecule has 3 nitrogen and oxygen atoms in total. The van der Waals surface area contributed by atoms with Crippen LogP contribution in [0.4, 0.5) is 0 Å². The maximum absolute atomic E-state index is 8.77. The summed E-state index contributed by atoms with van der Waals surface area (Å²) in [6.45, 7) is 0. The maximum atomic E-state index is 8.77. The average molecular weight is 565 g/mol. The molecule has 0 radical (unpaired) electrons. The number of hydrogen-bond acceptors (Lipinski definition) is 3. The van der Waals surface area contributed by atoms with Crippen molar-refractivity contribution in [3.63, 3.8) is 0 Å². The van der Waals surface area contributed by atoms with Gasteiger partial charge in [0.25, 0.3) is 0 Å². The molecule has 0 atom stereocenters. The highest BCUT2D eigenvalue weighted by atomic mass is 16.5. The minimum absolute atomic E-state index is 0.359. The molecule has 1 spiro atoms. The van der Waals surface area contributed by atoms with Crippen molar-refractivity contribution >= 4 is 11.4 Å². The Balaban J connectivity index is 1.25. The number of ether oxygens (including phenoxy) is 1. The third kappa shape index (κ3) is 3.90. The van der Waals surface area contributed by atoms with Crippen LogP contribution >= 0.6 is 0 Å². The van der Waals surface area contributed by atoms with E-state index in [1.54, 1.807) is 12.2 Å². The molecule has 1 aliphatic heterocycles. The molecule has 44 heavy (non-hydrogen) atoms. The fourth-order valence-electron chi connectivity index (χ4n) is 6.88. The summed E-state index contributed by atoms with van der Waals surface area (Å²) >= 11 is 0. The molecule has 1 aliphatic carbocycles. The first-order chi connectivity index (χ1) is 21.6. The molecule has 0 fully saturated rings. The van der Waals surface area contributed by atoms with Crippen molar-refractivity contribution < 1.29 is 4.74 Å². The maximum Gasteiger partial charge on any atom is 0.132 e. The van der Waals surface area contributed by atoms with Crippen molar-refractivity contribution in [3.8, 4) is 33.8 Å². The van der Waals surface area contributed by atoms with Gasteiger partial charge in [-0.1, -0.05) is 121 Å². The minimum atomic E-state index is -0.516. The lowest BCUT2D eigenvalue weighted by atomic mass is 9.66. The van der Waals surface area contributed by atoms with Gasteiger partial charge in [0.15, 0.2) is 0 Å². The molecule has 0 aromatic heterocycles. The second-order valence-electron chi connectivity index (χ2n) is 11.3. The molecule has 6 aromatic carbocycles. The van der Waals surface area contributed by atoms with Crippen LogP contribution < -0.4 is 4.74 Å². The van der Waals surface area contributed by atoms with Gasteiger partial charge in [-0.25, -0.2) is 0 Å². The van der Waals surface area contributed by atoms with Crippen molar-refractivity contribution in [1.29, 1.82) is 10.8 Å². The molecule has 3 heteroatoms. The van der Waals surface area contributed by atoms with Gasteiger partial charge in [-0.05, 0) is 80.9 Å². The van der Waals surface area contributed by atoms with Crippen LogP contribution in [0.1, 0.15) is 33.4 Å². The van der Waals surface area contributed by atoms with Crippen LogP contribution in [0, 0.1) is 10.8 Å². The Hall–Kier alpha value is -5.80. The van der Waals surface area contributed by atoms with Gasteiger partial charge >= 0.3 is 0 Å². The third-order valence-electron chi connectivity index (χ3n) is 8.86. The van der Waals surface area contributed by atoms with E-state index >= 15 is 0 Å². The average Bonchev–Trinajstić information content (AvgIpc) is 3.38. The Bertz CT molecular complexity index is 2090. The predicted octanol–water partition coefficient (Wildman–Crippen LogP) is 9.81. The van der Waals surface area contributed by atoms with Crippen molar-refractivity contribution in [2.45, 2.75) is 5.41 Å². The fourth-order valence-corrected chi connectivity index (χ4v) is 6.88. The van der Waals surface area contributed by atoms with Crippen molar-refractivity contribution in [1.82, 2.24) is 0 Å². The standard InChI is InChI=1S/C41H28N2O/c42-37(27-11-2-1-3-12-27)22-23-38(43)30-14-10-13-28(25-30)29-21-24-40-36(26-29)41(35-19-8-9-20-39(35)44-40)33-17-6-4-15-31(33)32-16-5-7-18-34(32)41/h1-26,42-43H/b23-22-,42-37?,43-38?. The van der Waals surface area contributed by atoms with Crippen molar-refractivity contribution in [2.24, 2.45) is 0 Å². The SMILES string of the molecule is N=C(/C=C\C(=N)c1cccc(-c2ccc3c(c2)C2(c4ccccc4O3)c3ccccc3-c3ccccc32)c1)c1ccccc1. The van der Waals surface area contributed by atoms with E-state index in [4.69, 9.17) is 15.6 Å². The largest absolute Gasteiger partial charge is 0.457 e. The van der Waals surface area contributed by atoms with E-state index < -0.39 is 5.41 Å². The second kappa shape index (κ2) is 10.2. The summed E-state index contributed by atoms with van der Waals surface area (Å²) in [6.07, 6.45) is 3.39. The molecular weight excluding hydrogens is 536 g/mol. The zero-order valence-electron chi connectivity index (χ0n) is 23.9. The van der Waals surface area contributed by atoms with E-state index in [-0.39, 0.29) is 0 Å². The van der Waals surface area contributed by atoms with Gasteiger partial charge in [-0.2, -0.15) is 0 Å². The Morgan fingerprint density at radius 2 is 1.00 bits per heavy atom. The molecule has 1 heterocycles. The quantitative estimate of drug-likeness (QED) is 0.201. The van der Waals surface area contributed by atoms with Crippen molar-refractivity contribution in [2.75, 3.05) is 0 Å². The van der Waals surface area contributed by atoms with Gasteiger partial charge in [0.1, 0.15) is 11.5 Å². The van der Waals surface area contributed by atoms with Gasteiger partial charge in [-0.3, -0.25) is 0 Å². The first-order valence-electron chi connectivity index (χ1n) is 14.8.